The third kappa shape index (κ3) is 6.63. The number of likely N-dealkylation sites (tertiary alicyclic amines) is 1. The molecule has 0 aromatic carbocycles. The van der Waals surface area contributed by atoms with Crippen LogP contribution in [0.1, 0.15) is 31.9 Å². The standard InChI is InChI=1S/C18H30N6O2.HI/c1-2-19-18(20-14-16-6-13-26-21-16)24-11-9-22(10-12-24)15-17(25)23-7-4-3-5-8-23;/h6,13H,2-5,7-12,14-15H2,1H3,(H,19,20);1H. The van der Waals surface area contributed by atoms with Crippen molar-refractivity contribution in [2.24, 2.45) is 4.99 Å². The molecule has 0 radical (unpaired) electrons. The molecule has 2 aliphatic heterocycles. The number of carbonyl (C=O) groups is 1. The van der Waals surface area contributed by atoms with Crippen molar-refractivity contribution < 1.29 is 9.32 Å². The number of hydrogen-bond donors (Lipinski definition) is 1. The predicted molar refractivity (Wildman–Crippen MR) is 115 cm³/mol. The Bertz CT molecular complexity index is 581. The summed E-state index contributed by atoms with van der Waals surface area (Å²) in [6.45, 7) is 9.31. The minimum Gasteiger partial charge on any atom is -0.364 e. The summed E-state index contributed by atoms with van der Waals surface area (Å²) >= 11 is 0. The number of aromatic nitrogens is 1. The smallest absolute Gasteiger partial charge is 0.236 e. The van der Waals surface area contributed by atoms with Crippen molar-refractivity contribution >= 4 is 35.8 Å². The van der Waals surface area contributed by atoms with Gasteiger partial charge in [-0.3, -0.25) is 9.69 Å². The SMILES string of the molecule is CCNC(=NCc1ccon1)N1CCN(CC(=O)N2CCCCC2)CC1.I. The van der Waals surface area contributed by atoms with Gasteiger partial charge in [-0.1, -0.05) is 5.16 Å². The lowest BCUT2D eigenvalue weighted by Gasteiger charge is -2.37. The molecule has 3 rings (SSSR count). The van der Waals surface area contributed by atoms with Gasteiger partial charge in [0.25, 0.3) is 0 Å². The molecule has 1 aromatic rings. The van der Waals surface area contributed by atoms with E-state index in [-0.39, 0.29) is 29.9 Å². The zero-order valence-corrected chi connectivity index (χ0v) is 18.4. The molecule has 0 aliphatic carbocycles. The highest BCUT2D eigenvalue weighted by atomic mass is 127. The Morgan fingerprint density at radius 1 is 1.15 bits per heavy atom. The van der Waals surface area contributed by atoms with Crippen molar-refractivity contribution in [1.82, 2.24) is 25.2 Å². The van der Waals surface area contributed by atoms with E-state index in [0.29, 0.717) is 13.1 Å². The van der Waals surface area contributed by atoms with Crippen molar-refractivity contribution in [2.75, 3.05) is 52.4 Å². The van der Waals surface area contributed by atoms with Crippen molar-refractivity contribution in [3.63, 3.8) is 0 Å². The van der Waals surface area contributed by atoms with E-state index in [1.165, 1.54) is 6.42 Å². The third-order valence-electron chi connectivity index (χ3n) is 4.96. The van der Waals surface area contributed by atoms with Gasteiger partial charge in [-0.15, -0.1) is 24.0 Å². The van der Waals surface area contributed by atoms with Gasteiger partial charge < -0.3 is 19.6 Å². The Morgan fingerprint density at radius 2 is 1.89 bits per heavy atom. The number of carbonyl (C=O) groups excluding carboxylic acids is 1. The van der Waals surface area contributed by atoms with E-state index in [1.54, 1.807) is 6.26 Å². The number of halogens is 1. The molecule has 0 bridgehead atoms. The lowest BCUT2D eigenvalue weighted by atomic mass is 10.1. The van der Waals surface area contributed by atoms with E-state index in [2.05, 4.69) is 32.2 Å². The zero-order valence-electron chi connectivity index (χ0n) is 16.1. The van der Waals surface area contributed by atoms with Crippen LogP contribution in [-0.2, 0) is 11.3 Å². The Labute approximate surface area is 178 Å². The summed E-state index contributed by atoms with van der Waals surface area (Å²) in [6, 6.07) is 1.83. The number of aliphatic imine (C=N–C) groups is 1. The molecule has 1 amide bonds. The fourth-order valence-corrected chi connectivity index (χ4v) is 3.45. The third-order valence-corrected chi connectivity index (χ3v) is 4.96. The number of piperazine rings is 1. The highest BCUT2D eigenvalue weighted by Gasteiger charge is 2.24. The van der Waals surface area contributed by atoms with Crippen LogP contribution in [0.3, 0.4) is 0 Å². The molecule has 27 heavy (non-hydrogen) atoms. The molecule has 2 fully saturated rings. The number of nitrogens with zero attached hydrogens (tertiary/aromatic N) is 5. The number of hydrogen-bond acceptors (Lipinski definition) is 5. The van der Waals surface area contributed by atoms with Crippen LogP contribution < -0.4 is 5.32 Å². The number of rotatable bonds is 5. The maximum atomic E-state index is 12.4. The average molecular weight is 490 g/mol. The highest BCUT2D eigenvalue weighted by molar-refractivity contribution is 14.0. The summed E-state index contributed by atoms with van der Waals surface area (Å²) in [5, 5.41) is 7.25. The van der Waals surface area contributed by atoms with E-state index >= 15 is 0 Å². The fraction of sp³-hybridized carbons (Fsp3) is 0.722. The first-order valence-electron chi connectivity index (χ1n) is 9.69. The van der Waals surface area contributed by atoms with Crippen LogP contribution in [0.5, 0.6) is 0 Å². The van der Waals surface area contributed by atoms with Crippen molar-refractivity contribution in [3.05, 3.63) is 18.0 Å². The predicted octanol–water partition coefficient (Wildman–Crippen LogP) is 1.39. The van der Waals surface area contributed by atoms with Gasteiger partial charge in [0.15, 0.2) is 5.96 Å². The van der Waals surface area contributed by atoms with E-state index < -0.39 is 0 Å². The number of amides is 1. The molecule has 2 aliphatic rings. The second-order valence-corrected chi connectivity index (χ2v) is 6.87. The summed E-state index contributed by atoms with van der Waals surface area (Å²) in [5.41, 5.74) is 0.825. The molecule has 0 unspecified atom stereocenters. The second kappa shape index (κ2) is 11.5. The van der Waals surface area contributed by atoms with Crippen LogP contribution in [0.25, 0.3) is 0 Å². The Kier molecular flexibility index (Phi) is 9.32. The van der Waals surface area contributed by atoms with Crippen LogP contribution in [0.2, 0.25) is 0 Å². The van der Waals surface area contributed by atoms with Crippen LogP contribution in [-0.4, -0.2) is 84.1 Å². The molecule has 2 saturated heterocycles. The first-order chi connectivity index (χ1) is 12.8. The first-order valence-corrected chi connectivity index (χ1v) is 9.69. The summed E-state index contributed by atoms with van der Waals surface area (Å²) in [6.07, 6.45) is 5.11. The molecule has 1 aromatic heterocycles. The summed E-state index contributed by atoms with van der Waals surface area (Å²) in [4.78, 5) is 23.6. The summed E-state index contributed by atoms with van der Waals surface area (Å²) in [5.74, 6) is 1.18. The quantitative estimate of drug-likeness (QED) is 0.382. The number of piperidine rings is 1. The lowest BCUT2D eigenvalue weighted by molar-refractivity contribution is -0.133. The van der Waals surface area contributed by atoms with Gasteiger partial charge in [0.2, 0.25) is 5.91 Å². The van der Waals surface area contributed by atoms with E-state index in [0.717, 1.165) is 70.3 Å². The molecule has 3 heterocycles. The van der Waals surface area contributed by atoms with Crippen LogP contribution in [0.15, 0.2) is 21.8 Å². The topological polar surface area (TPSA) is 77.2 Å². The van der Waals surface area contributed by atoms with E-state index in [4.69, 9.17) is 4.52 Å². The van der Waals surface area contributed by atoms with Crippen LogP contribution in [0.4, 0.5) is 0 Å². The highest BCUT2D eigenvalue weighted by Crippen LogP contribution is 2.10. The average Bonchev–Trinajstić information content (AvgIpc) is 3.20. The maximum absolute atomic E-state index is 12.4. The van der Waals surface area contributed by atoms with Crippen LogP contribution >= 0.6 is 24.0 Å². The van der Waals surface area contributed by atoms with E-state index in [9.17, 15) is 4.79 Å². The normalized spacial score (nSPS) is 18.9. The number of guanidine groups is 1. The molecule has 0 atom stereocenters. The van der Waals surface area contributed by atoms with Crippen LogP contribution in [0, 0.1) is 0 Å². The Morgan fingerprint density at radius 3 is 2.52 bits per heavy atom. The first kappa shape index (κ1) is 21.9. The molecule has 0 saturated carbocycles. The van der Waals surface area contributed by atoms with Gasteiger partial charge in [-0.05, 0) is 26.2 Å². The van der Waals surface area contributed by atoms with Gasteiger partial charge in [-0.25, -0.2) is 4.99 Å². The van der Waals surface area contributed by atoms with Crippen molar-refractivity contribution in [3.8, 4) is 0 Å². The van der Waals surface area contributed by atoms with Gasteiger partial charge in [0, 0.05) is 51.9 Å². The zero-order chi connectivity index (χ0) is 18.2. The molecular weight excluding hydrogens is 459 g/mol. The van der Waals surface area contributed by atoms with Crippen molar-refractivity contribution in [1.29, 1.82) is 0 Å². The molecular formula is C18H31IN6O2. The monoisotopic (exact) mass is 490 g/mol. The Balaban J connectivity index is 0.00000261. The lowest BCUT2D eigenvalue weighted by Crippen LogP contribution is -2.54. The second-order valence-electron chi connectivity index (χ2n) is 6.87. The molecule has 0 spiro atoms. The van der Waals surface area contributed by atoms with Gasteiger partial charge in [0.1, 0.15) is 12.0 Å². The summed E-state index contributed by atoms with van der Waals surface area (Å²) < 4.78 is 4.86. The molecule has 8 nitrogen and oxygen atoms in total. The summed E-state index contributed by atoms with van der Waals surface area (Å²) in [7, 11) is 0. The largest absolute Gasteiger partial charge is 0.364 e. The van der Waals surface area contributed by atoms with Gasteiger partial charge in [-0.2, -0.15) is 0 Å². The maximum Gasteiger partial charge on any atom is 0.236 e. The Hall–Kier alpha value is -1.36. The molecule has 152 valence electrons. The fourth-order valence-electron chi connectivity index (χ4n) is 3.45. The van der Waals surface area contributed by atoms with E-state index in [1.807, 2.05) is 11.0 Å². The minimum atomic E-state index is 0. The molecule has 1 N–H and O–H groups in total. The van der Waals surface area contributed by atoms with Crippen molar-refractivity contribution in [2.45, 2.75) is 32.7 Å². The van der Waals surface area contributed by atoms with Gasteiger partial charge >= 0.3 is 0 Å². The minimum absolute atomic E-state index is 0. The van der Waals surface area contributed by atoms with Gasteiger partial charge in [0.05, 0.1) is 13.1 Å². The number of nitrogens with one attached hydrogen (secondary N) is 1. The molecule has 9 heteroatoms.